The second kappa shape index (κ2) is 5.05. The van der Waals surface area contributed by atoms with E-state index in [-0.39, 0.29) is 12.1 Å². The molecule has 7 heteroatoms. The quantitative estimate of drug-likeness (QED) is 0.801. The van der Waals surface area contributed by atoms with E-state index >= 15 is 0 Å². The smallest absolute Gasteiger partial charge is 0.254 e. The maximum Gasteiger partial charge on any atom is 0.254 e. The number of carbonyl (C=O) groups excluding carboxylic acids is 1. The fourth-order valence-corrected chi connectivity index (χ4v) is 1.68. The fraction of sp³-hybridized carbons (Fsp3) is 0.250. The van der Waals surface area contributed by atoms with Crippen molar-refractivity contribution in [2.45, 2.75) is 13.5 Å². The van der Waals surface area contributed by atoms with Gasteiger partial charge in [-0.3, -0.25) is 4.79 Å². The van der Waals surface area contributed by atoms with Crippen molar-refractivity contribution in [3.63, 3.8) is 0 Å². The Balaban J connectivity index is 2.15. The molecule has 0 aliphatic heterocycles. The van der Waals surface area contributed by atoms with Crippen LogP contribution >= 0.6 is 0 Å². The summed E-state index contributed by atoms with van der Waals surface area (Å²) in [6.07, 6.45) is 1.52. The number of aromatic nitrogens is 3. The molecule has 0 bridgehead atoms. The van der Waals surface area contributed by atoms with E-state index < -0.39 is 11.7 Å². The largest absolute Gasteiger partial charge is 0.399 e. The summed E-state index contributed by atoms with van der Waals surface area (Å²) in [5.41, 5.74) is 6.22. The lowest BCUT2D eigenvalue weighted by Crippen LogP contribution is -2.25. The van der Waals surface area contributed by atoms with Gasteiger partial charge in [-0.15, -0.1) is 10.2 Å². The highest BCUT2D eigenvalue weighted by molar-refractivity contribution is 5.95. The molecule has 0 aliphatic rings. The topological polar surface area (TPSA) is 85.8 Å². The first kappa shape index (κ1) is 13.0. The molecular formula is C12H14FN5O. The summed E-state index contributed by atoms with van der Waals surface area (Å²) in [6.45, 7) is 1.73. The zero-order chi connectivity index (χ0) is 14.0. The first-order valence-electron chi connectivity index (χ1n) is 5.65. The number of nitrogens with zero attached hydrogens (tertiary/aromatic N) is 3. The minimum Gasteiger partial charge on any atom is -0.399 e. The van der Waals surface area contributed by atoms with E-state index in [0.29, 0.717) is 17.1 Å². The first-order valence-corrected chi connectivity index (χ1v) is 5.65. The zero-order valence-electron chi connectivity index (χ0n) is 10.6. The number of amides is 1. The molecular weight excluding hydrogens is 249 g/mol. The van der Waals surface area contributed by atoms with Gasteiger partial charge in [0.25, 0.3) is 5.91 Å². The van der Waals surface area contributed by atoms with Crippen LogP contribution in [0.15, 0.2) is 18.5 Å². The van der Waals surface area contributed by atoms with E-state index in [9.17, 15) is 9.18 Å². The molecule has 0 radical (unpaired) electrons. The lowest BCUT2D eigenvalue weighted by molar-refractivity contribution is 0.0945. The van der Waals surface area contributed by atoms with E-state index in [1.165, 1.54) is 18.5 Å². The molecule has 1 amide bonds. The van der Waals surface area contributed by atoms with Gasteiger partial charge < -0.3 is 15.6 Å². The van der Waals surface area contributed by atoms with Crippen LogP contribution in [0.1, 0.15) is 21.7 Å². The molecule has 2 rings (SSSR count). The molecule has 3 N–H and O–H groups in total. The molecule has 0 saturated heterocycles. The van der Waals surface area contributed by atoms with Gasteiger partial charge in [-0.05, 0) is 24.6 Å². The Bertz CT molecular complexity index is 623. The Kier molecular flexibility index (Phi) is 3.46. The minimum atomic E-state index is -0.565. The highest BCUT2D eigenvalue weighted by Crippen LogP contribution is 2.17. The summed E-state index contributed by atoms with van der Waals surface area (Å²) in [4.78, 5) is 11.9. The van der Waals surface area contributed by atoms with Gasteiger partial charge in [-0.25, -0.2) is 4.39 Å². The van der Waals surface area contributed by atoms with Gasteiger partial charge >= 0.3 is 0 Å². The highest BCUT2D eigenvalue weighted by Gasteiger charge is 2.15. The van der Waals surface area contributed by atoms with Gasteiger partial charge in [0, 0.05) is 12.7 Å². The molecule has 0 atom stereocenters. The van der Waals surface area contributed by atoms with Gasteiger partial charge in [0.05, 0.1) is 12.1 Å². The molecule has 1 heterocycles. The molecule has 0 unspecified atom stereocenters. The second-order valence-electron chi connectivity index (χ2n) is 4.24. The predicted molar refractivity (Wildman–Crippen MR) is 67.7 cm³/mol. The van der Waals surface area contributed by atoms with Gasteiger partial charge in [0.15, 0.2) is 5.82 Å². The predicted octanol–water partition coefficient (Wildman–Crippen LogP) is 0.775. The number of halogens is 1. The van der Waals surface area contributed by atoms with Crippen LogP contribution < -0.4 is 11.1 Å². The molecule has 100 valence electrons. The van der Waals surface area contributed by atoms with E-state index in [0.717, 1.165) is 0 Å². The Morgan fingerprint density at radius 1 is 1.53 bits per heavy atom. The molecule has 0 spiro atoms. The van der Waals surface area contributed by atoms with Gasteiger partial charge in [-0.2, -0.15) is 0 Å². The van der Waals surface area contributed by atoms with E-state index in [1.807, 2.05) is 0 Å². The number of nitrogens with one attached hydrogen (secondary N) is 1. The lowest BCUT2D eigenvalue weighted by atomic mass is 10.1. The van der Waals surface area contributed by atoms with Crippen LogP contribution in [0.25, 0.3) is 0 Å². The summed E-state index contributed by atoms with van der Waals surface area (Å²) in [6, 6.07) is 2.79. The second-order valence-corrected chi connectivity index (χ2v) is 4.24. The SMILES string of the molecule is Cc1cc(N)cc(C(=O)NCc2nncn2C)c1F. The number of carbonyl (C=O) groups is 1. The van der Waals surface area contributed by atoms with Crippen LogP contribution in [0.4, 0.5) is 10.1 Å². The van der Waals surface area contributed by atoms with E-state index in [4.69, 9.17) is 5.73 Å². The van der Waals surface area contributed by atoms with Crippen LogP contribution in [-0.2, 0) is 13.6 Å². The van der Waals surface area contributed by atoms with Gasteiger partial charge in [-0.1, -0.05) is 0 Å². The molecule has 0 fully saturated rings. The zero-order valence-corrected chi connectivity index (χ0v) is 10.6. The average Bonchev–Trinajstić information content (AvgIpc) is 2.76. The van der Waals surface area contributed by atoms with Crippen molar-refractivity contribution in [1.82, 2.24) is 20.1 Å². The van der Waals surface area contributed by atoms with Crippen molar-refractivity contribution in [3.8, 4) is 0 Å². The number of nitrogens with two attached hydrogens (primary N) is 1. The molecule has 2 aromatic rings. The molecule has 0 aliphatic carbocycles. The third kappa shape index (κ3) is 2.70. The van der Waals surface area contributed by atoms with Crippen LogP contribution in [0.3, 0.4) is 0 Å². The van der Waals surface area contributed by atoms with Crippen molar-refractivity contribution in [1.29, 1.82) is 0 Å². The summed E-state index contributed by atoms with van der Waals surface area (Å²) in [5, 5.41) is 10.1. The Hall–Kier alpha value is -2.44. The summed E-state index contributed by atoms with van der Waals surface area (Å²) in [5.74, 6) is -0.519. The van der Waals surface area contributed by atoms with E-state index in [2.05, 4.69) is 15.5 Å². The van der Waals surface area contributed by atoms with Crippen molar-refractivity contribution >= 4 is 11.6 Å². The number of hydrogen-bond donors (Lipinski definition) is 2. The average molecular weight is 263 g/mol. The third-order valence-electron chi connectivity index (χ3n) is 2.73. The Morgan fingerprint density at radius 2 is 2.26 bits per heavy atom. The summed E-state index contributed by atoms with van der Waals surface area (Å²) in [7, 11) is 1.76. The maximum absolute atomic E-state index is 13.8. The Morgan fingerprint density at radius 3 is 2.89 bits per heavy atom. The summed E-state index contributed by atoms with van der Waals surface area (Å²) < 4.78 is 15.5. The van der Waals surface area contributed by atoms with Crippen molar-refractivity contribution in [2.75, 3.05) is 5.73 Å². The minimum absolute atomic E-state index is 0.0698. The van der Waals surface area contributed by atoms with Crippen LogP contribution in [0.5, 0.6) is 0 Å². The lowest BCUT2D eigenvalue weighted by Gasteiger charge is -2.08. The number of rotatable bonds is 3. The van der Waals surface area contributed by atoms with E-state index in [1.54, 1.807) is 18.5 Å². The Labute approximate surface area is 109 Å². The maximum atomic E-state index is 13.8. The first-order chi connectivity index (χ1) is 8.99. The number of nitrogen functional groups attached to an aromatic ring is 1. The number of hydrogen-bond acceptors (Lipinski definition) is 4. The standard InChI is InChI=1S/C12H14FN5O/c1-7-3-8(14)4-9(11(7)13)12(19)15-5-10-17-16-6-18(10)2/h3-4,6H,5,14H2,1-2H3,(H,15,19). The third-order valence-corrected chi connectivity index (χ3v) is 2.73. The highest BCUT2D eigenvalue weighted by atomic mass is 19.1. The van der Waals surface area contributed by atoms with Crippen molar-refractivity contribution < 1.29 is 9.18 Å². The van der Waals surface area contributed by atoms with Gasteiger partial charge in [0.1, 0.15) is 12.1 Å². The van der Waals surface area contributed by atoms with Crippen LogP contribution in [-0.4, -0.2) is 20.7 Å². The molecule has 1 aromatic heterocycles. The molecule has 19 heavy (non-hydrogen) atoms. The van der Waals surface area contributed by atoms with Crippen molar-refractivity contribution in [2.24, 2.45) is 7.05 Å². The molecule has 1 aromatic carbocycles. The van der Waals surface area contributed by atoms with Crippen LogP contribution in [0, 0.1) is 12.7 Å². The summed E-state index contributed by atoms with van der Waals surface area (Å²) >= 11 is 0. The fourth-order valence-electron chi connectivity index (χ4n) is 1.68. The monoisotopic (exact) mass is 263 g/mol. The van der Waals surface area contributed by atoms with Crippen LogP contribution in [0.2, 0.25) is 0 Å². The van der Waals surface area contributed by atoms with Gasteiger partial charge in [0.2, 0.25) is 0 Å². The number of aryl methyl sites for hydroxylation is 2. The normalized spacial score (nSPS) is 10.5. The number of benzene rings is 1. The number of anilines is 1. The molecule has 6 nitrogen and oxygen atoms in total. The van der Waals surface area contributed by atoms with Crippen molar-refractivity contribution in [3.05, 3.63) is 41.2 Å². The molecule has 0 saturated carbocycles.